The molecule has 40 heavy (non-hydrogen) atoms. The van der Waals surface area contributed by atoms with Gasteiger partial charge in [-0.05, 0) is 88.8 Å². The Hall–Kier alpha value is -3.92. The van der Waals surface area contributed by atoms with Crippen molar-refractivity contribution >= 4 is 12.6 Å². The first-order valence-corrected chi connectivity index (χ1v) is 14.2. The van der Waals surface area contributed by atoms with Gasteiger partial charge in [0.05, 0.1) is 16.6 Å². The first kappa shape index (κ1) is 23.9. The summed E-state index contributed by atoms with van der Waals surface area (Å²) in [6.45, 7) is 8.45. The van der Waals surface area contributed by atoms with E-state index in [2.05, 4.69) is 143 Å². The lowest BCUT2D eigenvalue weighted by molar-refractivity contribution is 0.00578. The second-order valence-electron chi connectivity index (χ2n) is 12.3. The van der Waals surface area contributed by atoms with Crippen molar-refractivity contribution in [1.29, 1.82) is 0 Å². The molecular weight excluding hydrogens is 487 g/mol. The topological polar surface area (TPSA) is 18.5 Å². The van der Waals surface area contributed by atoms with Crippen LogP contribution in [-0.4, -0.2) is 18.3 Å². The molecule has 3 heteroatoms. The molecule has 1 fully saturated rings. The van der Waals surface area contributed by atoms with Crippen LogP contribution in [0.1, 0.15) is 49.9 Å². The minimum Gasteiger partial charge on any atom is -0.399 e. The Labute approximate surface area is 236 Å². The summed E-state index contributed by atoms with van der Waals surface area (Å²) in [5.41, 5.74) is 12.7. The third-order valence-corrected chi connectivity index (χ3v) is 9.76. The Morgan fingerprint density at radius 3 is 1.27 bits per heavy atom. The van der Waals surface area contributed by atoms with E-state index < -0.39 is 12.5 Å². The fourth-order valence-electron chi connectivity index (χ4n) is 7.20. The lowest BCUT2D eigenvalue weighted by Crippen LogP contribution is -2.41. The minimum absolute atomic E-state index is 0.388. The first-order chi connectivity index (χ1) is 19.3. The van der Waals surface area contributed by atoms with E-state index in [0.717, 1.165) is 5.46 Å². The van der Waals surface area contributed by atoms with Crippen molar-refractivity contribution in [3.05, 3.63) is 138 Å². The number of rotatable bonds is 1. The van der Waals surface area contributed by atoms with Gasteiger partial charge in [-0.15, -0.1) is 0 Å². The van der Waals surface area contributed by atoms with Crippen LogP contribution in [0.2, 0.25) is 0 Å². The smallest absolute Gasteiger partial charge is 0.399 e. The summed E-state index contributed by atoms with van der Waals surface area (Å²) in [4.78, 5) is 0. The van der Waals surface area contributed by atoms with Crippen LogP contribution in [-0.2, 0) is 14.7 Å². The second kappa shape index (κ2) is 8.07. The molecule has 2 aliphatic carbocycles. The summed E-state index contributed by atoms with van der Waals surface area (Å²) in [7, 11) is -0.406. The molecule has 0 saturated carbocycles. The Bertz CT molecular complexity index is 1750. The maximum Gasteiger partial charge on any atom is 0.494 e. The van der Waals surface area contributed by atoms with Gasteiger partial charge in [-0.25, -0.2) is 0 Å². The van der Waals surface area contributed by atoms with Crippen molar-refractivity contribution in [1.82, 2.24) is 0 Å². The van der Waals surface area contributed by atoms with E-state index >= 15 is 0 Å². The van der Waals surface area contributed by atoms with Gasteiger partial charge in [0.1, 0.15) is 0 Å². The fraction of sp³-hybridized carbons (Fsp3) is 0.189. The van der Waals surface area contributed by atoms with E-state index in [1.54, 1.807) is 0 Å². The standard InChI is InChI=1S/C37H31BO2/c1-35(2)36(3,4)40-38(39-35)24-21-22-34-30(23-24)29-17-9-12-20-33(29)37(34)31-18-10-7-15-27(31)25-13-5-6-14-26(25)28-16-8-11-19-32(28)37/h5-23H,1-4H3. The Morgan fingerprint density at radius 1 is 0.425 bits per heavy atom. The highest BCUT2D eigenvalue weighted by Crippen LogP contribution is 2.61. The van der Waals surface area contributed by atoms with Crippen molar-refractivity contribution in [2.45, 2.75) is 44.3 Å². The van der Waals surface area contributed by atoms with E-state index in [1.807, 2.05) is 0 Å². The largest absolute Gasteiger partial charge is 0.494 e. The number of hydrogen-bond donors (Lipinski definition) is 0. The zero-order valence-electron chi connectivity index (χ0n) is 23.4. The van der Waals surface area contributed by atoms with Gasteiger partial charge in [-0.2, -0.15) is 0 Å². The summed E-state index contributed by atoms with van der Waals surface area (Å²) >= 11 is 0. The molecule has 2 nitrogen and oxygen atoms in total. The highest BCUT2D eigenvalue weighted by atomic mass is 16.7. The van der Waals surface area contributed by atoms with Gasteiger partial charge < -0.3 is 9.31 Å². The Balaban J connectivity index is 1.46. The van der Waals surface area contributed by atoms with Crippen LogP contribution in [0.4, 0.5) is 0 Å². The van der Waals surface area contributed by atoms with E-state index in [0.29, 0.717) is 0 Å². The molecular formula is C37H31BO2. The number of fused-ring (bicyclic) bond motifs is 12. The highest BCUT2D eigenvalue weighted by molar-refractivity contribution is 6.62. The van der Waals surface area contributed by atoms with Gasteiger partial charge in [-0.3, -0.25) is 0 Å². The molecule has 1 spiro atoms. The molecule has 0 amide bonds. The molecule has 5 aromatic rings. The fourth-order valence-corrected chi connectivity index (χ4v) is 7.20. The summed E-state index contributed by atoms with van der Waals surface area (Å²) in [5, 5.41) is 0. The van der Waals surface area contributed by atoms with Crippen molar-refractivity contribution in [3.8, 4) is 33.4 Å². The van der Waals surface area contributed by atoms with Crippen molar-refractivity contribution < 1.29 is 9.31 Å². The van der Waals surface area contributed by atoms with Crippen LogP contribution >= 0.6 is 0 Å². The monoisotopic (exact) mass is 518 g/mol. The van der Waals surface area contributed by atoms with Crippen molar-refractivity contribution in [2.75, 3.05) is 0 Å². The van der Waals surface area contributed by atoms with E-state index in [4.69, 9.17) is 9.31 Å². The zero-order valence-corrected chi connectivity index (χ0v) is 23.4. The van der Waals surface area contributed by atoms with E-state index in [9.17, 15) is 0 Å². The molecule has 1 heterocycles. The van der Waals surface area contributed by atoms with Gasteiger partial charge in [0, 0.05) is 0 Å². The maximum atomic E-state index is 6.49. The predicted octanol–water partition coefficient (Wildman–Crippen LogP) is 8.00. The maximum absolute atomic E-state index is 6.49. The quantitative estimate of drug-likeness (QED) is 0.205. The summed E-state index contributed by atoms with van der Waals surface area (Å²) in [6, 6.07) is 42.6. The second-order valence-corrected chi connectivity index (χ2v) is 12.3. The molecule has 0 radical (unpaired) electrons. The van der Waals surface area contributed by atoms with Crippen molar-refractivity contribution in [2.24, 2.45) is 0 Å². The molecule has 194 valence electrons. The lowest BCUT2D eigenvalue weighted by Gasteiger charge is -2.35. The molecule has 1 aliphatic heterocycles. The van der Waals surface area contributed by atoms with Gasteiger partial charge in [0.25, 0.3) is 0 Å². The summed E-state index contributed by atoms with van der Waals surface area (Å²) in [5.74, 6) is 0. The third-order valence-electron chi connectivity index (χ3n) is 9.76. The molecule has 5 aromatic carbocycles. The molecule has 0 bridgehead atoms. The normalized spacial score (nSPS) is 18.4. The SMILES string of the molecule is CC1(C)OB(c2ccc3c(c2)-c2ccccc2C32c3ccccc3-c3ccccc3-c3ccccc32)OC1(C)C. The van der Waals surface area contributed by atoms with Crippen LogP contribution in [0, 0.1) is 0 Å². The average Bonchev–Trinajstić information content (AvgIpc) is 3.34. The number of hydrogen-bond acceptors (Lipinski definition) is 2. The van der Waals surface area contributed by atoms with E-state index in [1.165, 1.54) is 55.6 Å². The molecule has 0 atom stereocenters. The highest BCUT2D eigenvalue weighted by Gasteiger charge is 2.53. The first-order valence-electron chi connectivity index (χ1n) is 14.2. The van der Waals surface area contributed by atoms with Gasteiger partial charge in [0.15, 0.2) is 0 Å². The molecule has 3 aliphatic rings. The van der Waals surface area contributed by atoms with Gasteiger partial charge in [0.2, 0.25) is 0 Å². The Kier molecular flexibility index (Phi) is 4.83. The lowest BCUT2D eigenvalue weighted by atomic mass is 9.65. The van der Waals surface area contributed by atoms with Crippen molar-refractivity contribution in [3.63, 3.8) is 0 Å². The number of benzene rings is 5. The van der Waals surface area contributed by atoms with Crippen LogP contribution < -0.4 is 5.46 Å². The third kappa shape index (κ3) is 2.97. The van der Waals surface area contributed by atoms with Crippen LogP contribution in [0.15, 0.2) is 115 Å². The zero-order chi connectivity index (χ0) is 27.3. The molecule has 0 aromatic heterocycles. The molecule has 0 unspecified atom stereocenters. The summed E-state index contributed by atoms with van der Waals surface area (Å²) in [6.07, 6.45) is 0. The predicted molar refractivity (Wildman–Crippen MR) is 164 cm³/mol. The van der Waals surface area contributed by atoms with Gasteiger partial charge in [-0.1, -0.05) is 115 Å². The molecule has 0 N–H and O–H groups in total. The van der Waals surface area contributed by atoms with Gasteiger partial charge >= 0.3 is 7.12 Å². The molecule has 8 rings (SSSR count). The average molecular weight is 518 g/mol. The minimum atomic E-state index is -0.452. The van der Waals surface area contributed by atoms with E-state index in [-0.39, 0.29) is 11.2 Å². The van der Waals surface area contributed by atoms with Crippen LogP contribution in [0.5, 0.6) is 0 Å². The Morgan fingerprint density at radius 2 is 0.800 bits per heavy atom. The summed E-state index contributed by atoms with van der Waals surface area (Å²) < 4.78 is 13.0. The van der Waals surface area contributed by atoms with Crippen LogP contribution in [0.25, 0.3) is 33.4 Å². The van der Waals surface area contributed by atoms with Crippen LogP contribution in [0.3, 0.4) is 0 Å². The molecule has 1 saturated heterocycles.